The third-order valence-electron chi connectivity index (χ3n) is 6.14. The Morgan fingerprint density at radius 1 is 0.909 bits per heavy atom. The van der Waals surface area contributed by atoms with Crippen LogP contribution in [-0.4, -0.2) is 41.4 Å². The van der Waals surface area contributed by atoms with E-state index < -0.39 is 29.7 Å². The molecule has 0 rings (SSSR count). The molecule has 3 N–H and O–H groups in total. The lowest BCUT2D eigenvalue weighted by Gasteiger charge is -2.37. The summed E-state index contributed by atoms with van der Waals surface area (Å²) in [6, 6.07) is 0. The van der Waals surface area contributed by atoms with Crippen LogP contribution >= 0.6 is 0 Å². The highest BCUT2D eigenvalue weighted by Crippen LogP contribution is 2.30. The maximum atomic E-state index is 12.5. The van der Waals surface area contributed by atoms with Gasteiger partial charge in [-0.2, -0.15) is 0 Å². The number of primary amides is 1. The SMILES string of the molecule is C=CC(=O)OC(CCCCCCCCCCCCCCC)C(CCC)(OCC(C)O)C(N)=O. The first-order chi connectivity index (χ1) is 15.8. The lowest BCUT2D eigenvalue weighted by Crippen LogP contribution is -2.57. The van der Waals surface area contributed by atoms with Gasteiger partial charge in [0.2, 0.25) is 0 Å². The molecule has 0 saturated heterocycles. The standard InChI is InChI=1S/C27H51NO5/c1-5-8-9-10-11-12-13-14-15-16-17-18-19-20-24(33-25(30)7-3)27(21-6-2,26(28)31)32-22-23(4)29/h7,23-24,29H,3,5-6,8-22H2,1-2,4H3,(H2,28,31). The van der Waals surface area contributed by atoms with Crippen molar-refractivity contribution in [2.45, 2.75) is 141 Å². The molecule has 0 heterocycles. The quantitative estimate of drug-likeness (QED) is 0.109. The Kier molecular flexibility index (Phi) is 19.2. The minimum atomic E-state index is -1.44. The van der Waals surface area contributed by atoms with Crippen molar-refractivity contribution < 1.29 is 24.2 Å². The molecule has 0 bridgehead atoms. The Balaban J connectivity index is 4.54. The predicted molar refractivity (Wildman–Crippen MR) is 135 cm³/mol. The third-order valence-corrected chi connectivity index (χ3v) is 6.14. The third kappa shape index (κ3) is 14.5. The van der Waals surface area contributed by atoms with Crippen molar-refractivity contribution >= 4 is 11.9 Å². The average Bonchev–Trinajstić information content (AvgIpc) is 2.78. The zero-order chi connectivity index (χ0) is 25.0. The van der Waals surface area contributed by atoms with Gasteiger partial charge in [-0.15, -0.1) is 0 Å². The molecule has 3 atom stereocenters. The number of esters is 1. The van der Waals surface area contributed by atoms with E-state index in [-0.39, 0.29) is 6.61 Å². The maximum absolute atomic E-state index is 12.5. The number of rotatable bonds is 23. The largest absolute Gasteiger partial charge is 0.456 e. The van der Waals surface area contributed by atoms with Crippen LogP contribution in [-0.2, 0) is 19.1 Å². The summed E-state index contributed by atoms with van der Waals surface area (Å²) in [7, 11) is 0. The van der Waals surface area contributed by atoms with Gasteiger partial charge < -0.3 is 20.3 Å². The van der Waals surface area contributed by atoms with Crippen LogP contribution in [0.4, 0.5) is 0 Å². The molecule has 3 unspecified atom stereocenters. The van der Waals surface area contributed by atoms with Crippen LogP contribution in [0.3, 0.4) is 0 Å². The molecular weight excluding hydrogens is 418 g/mol. The lowest BCUT2D eigenvalue weighted by atomic mass is 9.86. The first-order valence-corrected chi connectivity index (χ1v) is 13.3. The molecule has 0 spiro atoms. The monoisotopic (exact) mass is 469 g/mol. The zero-order valence-electron chi connectivity index (χ0n) is 21.6. The fraction of sp³-hybridized carbons (Fsp3) is 0.852. The van der Waals surface area contributed by atoms with Crippen LogP contribution in [0.25, 0.3) is 0 Å². The van der Waals surface area contributed by atoms with E-state index in [1.807, 2.05) is 6.92 Å². The molecule has 0 aromatic carbocycles. The van der Waals surface area contributed by atoms with Crippen molar-refractivity contribution in [2.24, 2.45) is 5.73 Å². The highest BCUT2D eigenvalue weighted by molar-refractivity contribution is 5.86. The maximum Gasteiger partial charge on any atom is 0.330 e. The van der Waals surface area contributed by atoms with E-state index in [4.69, 9.17) is 15.2 Å². The van der Waals surface area contributed by atoms with Gasteiger partial charge in [-0.25, -0.2) is 4.79 Å². The summed E-state index contributed by atoms with van der Waals surface area (Å²) in [6.45, 7) is 9.15. The number of hydrogen-bond donors (Lipinski definition) is 2. The molecule has 0 aromatic rings. The normalized spacial score (nSPS) is 14.9. The van der Waals surface area contributed by atoms with E-state index in [0.29, 0.717) is 19.3 Å². The second-order valence-electron chi connectivity index (χ2n) is 9.32. The Labute approximate surface area is 202 Å². The predicted octanol–water partition coefficient (Wildman–Crippen LogP) is 5.99. The fourth-order valence-corrected chi connectivity index (χ4v) is 4.24. The topological polar surface area (TPSA) is 98.8 Å². The molecule has 0 aliphatic heterocycles. The molecule has 194 valence electrons. The van der Waals surface area contributed by atoms with Crippen molar-refractivity contribution in [3.63, 3.8) is 0 Å². The van der Waals surface area contributed by atoms with Gasteiger partial charge in [-0.1, -0.05) is 104 Å². The van der Waals surface area contributed by atoms with E-state index in [2.05, 4.69) is 13.5 Å². The number of amides is 1. The van der Waals surface area contributed by atoms with Gasteiger partial charge in [-0.3, -0.25) is 4.79 Å². The summed E-state index contributed by atoms with van der Waals surface area (Å²) in [6.07, 6.45) is 17.1. The molecule has 6 heteroatoms. The van der Waals surface area contributed by atoms with Crippen LogP contribution in [0.1, 0.15) is 124 Å². The number of nitrogens with two attached hydrogens (primary N) is 1. The second-order valence-corrected chi connectivity index (χ2v) is 9.32. The van der Waals surface area contributed by atoms with Crippen LogP contribution < -0.4 is 5.73 Å². The minimum absolute atomic E-state index is 0.0519. The zero-order valence-corrected chi connectivity index (χ0v) is 21.6. The van der Waals surface area contributed by atoms with Crippen LogP contribution in [0.5, 0.6) is 0 Å². The van der Waals surface area contributed by atoms with Crippen molar-refractivity contribution in [3.8, 4) is 0 Å². The number of aliphatic hydroxyl groups is 1. The first kappa shape index (κ1) is 31.6. The summed E-state index contributed by atoms with van der Waals surface area (Å²) < 4.78 is 11.4. The molecule has 0 aromatic heterocycles. The van der Waals surface area contributed by atoms with E-state index in [0.717, 1.165) is 25.3 Å². The molecular formula is C27H51NO5. The number of aliphatic hydroxyl groups excluding tert-OH is 1. The van der Waals surface area contributed by atoms with E-state index in [9.17, 15) is 14.7 Å². The van der Waals surface area contributed by atoms with Crippen molar-refractivity contribution in [2.75, 3.05) is 6.61 Å². The number of carbonyl (C=O) groups is 2. The number of carbonyl (C=O) groups excluding carboxylic acids is 2. The van der Waals surface area contributed by atoms with Gasteiger partial charge in [0.05, 0.1) is 12.7 Å². The number of unbranched alkanes of at least 4 members (excludes halogenated alkanes) is 12. The molecule has 0 aliphatic carbocycles. The van der Waals surface area contributed by atoms with Gasteiger partial charge in [0.1, 0.15) is 6.10 Å². The summed E-state index contributed by atoms with van der Waals surface area (Å²) in [5.41, 5.74) is 4.30. The Morgan fingerprint density at radius 3 is 1.79 bits per heavy atom. The summed E-state index contributed by atoms with van der Waals surface area (Å²) in [4.78, 5) is 24.4. The lowest BCUT2D eigenvalue weighted by molar-refractivity contribution is -0.185. The molecule has 0 radical (unpaired) electrons. The Hall–Kier alpha value is -1.40. The van der Waals surface area contributed by atoms with Gasteiger partial charge in [0.25, 0.3) is 5.91 Å². The molecule has 33 heavy (non-hydrogen) atoms. The molecule has 1 amide bonds. The smallest absolute Gasteiger partial charge is 0.330 e. The van der Waals surface area contributed by atoms with E-state index in [1.54, 1.807) is 6.92 Å². The highest BCUT2D eigenvalue weighted by atomic mass is 16.6. The minimum Gasteiger partial charge on any atom is -0.456 e. The fourth-order valence-electron chi connectivity index (χ4n) is 4.24. The molecule has 0 fully saturated rings. The van der Waals surface area contributed by atoms with Crippen LogP contribution in [0, 0.1) is 0 Å². The molecule has 0 saturated carbocycles. The molecule has 6 nitrogen and oxygen atoms in total. The van der Waals surface area contributed by atoms with Crippen LogP contribution in [0.15, 0.2) is 12.7 Å². The summed E-state index contributed by atoms with van der Waals surface area (Å²) >= 11 is 0. The van der Waals surface area contributed by atoms with E-state index >= 15 is 0 Å². The van der Waals surface area contributed by atoms with Crippen molar-refractivity contribution in [3.05, 3.63) is 12.7 Å². The van der Waals surface area contributed by atoms with Gasteiger partial charge in [0.15, 0.2) is 5.60 Å². The summed E-state index contributed by atoms with van der Waals surface area (Å²) in [5.74, 6) is -1.27. The number of ether oxygens (including phenoxy) is 2. The Morgan fingerprint density at radius 2 is 1.39 bits per heavy atom. The van der Waals surface area contributed by atoms with Gasteiger partial charge in [0, 0.05) is 6.08 Å². The van der Waals surface area contributed by atoms with Crippen molar-refractivity contribution in [1.82, 2.24) is 0 Å². The highest BCUT2D eigenvalue weighted by Gasteiger charge is 2.47. The Bertz CT molecular complexity index is 523. The summed E-state index contributed by atoms with van der Waals surface area (Å²) in [5, 5.41) is 9.67. The van der Waals surface area contributed by atoms with E-state index in [1.165, 1.54) is 64.2 Å². The van der Waals surface area contributed by atoms with Gasteiger partial charge in [-0.05, 0) is 26.2 Å². The number of hydrogen-bond acceptors (Lipinski definition) is 5. The van der Waals surface area contributed by atoms with Crippen LogP contribution in [0.2, 0.25) is 0 Å². The van der Waals surface area contributed by atoms with Gasteiger partial charge >= 0.3 is 5.97 Å². The average molecular weight is 470 g/mol. The molecule has 0 aliphatic rings. The van der Waals surface area contributed by atoms with Crippen molar-refractivity contribution in [1.29, 1.82) is 0 Å². The second kappa shape index (κ2) is 20.0. The first-order valence-electron chi connectivity index (χ1n) is 13.3.